The van der Waals surface area contributed by atoms with E-state index in [1.807, 2.05) is 6.07 Å². The third-order valence-electron chi connectivity index (χ3n) is 2.54. The van der Waals surface area contributed by atoms with E-state index < -0.39 is 0 Å². The zero-order valence-corrected chi connectivity index (χ0v) is 13.7. The molecule has 106 valence electrons. The van der Waals surface area contributed by atoms with Crippen molar-refractivity contribution in [3.8, 4) is 0 Å². The highest BCUT2D eigenvalue weighted by atomic mass is 35.5. The summed E-state index contributed by atoms with van der Waals surface area (Å²) in [5, 5.41) is 5.79. The molecule has 0 aliphatic rings. The number of amides is 1. The van der Waals surface area contributed by atoms with E-state index in [4.69, 9.17) is 23.2 Å². The van der Waals surface area contributed by atoms with Crippen LogP contribution in [-0.2, 0) is 5.75 Å². The second-order valence-electron chi connectivity index (χ2n) is 4.02. The van der Waals surface area contributed by atoms with Crippen LogP contribution in [0.25, 0.3) is 0 Å². The van der Waals surface area contributed by atoms with Gasteiger partial charge in [-0.25, -0.2) is 0 Å². The topological polar surface area (TPSA) is 29.1 Å². The molecule has 0 atom stereocenters. The summed E-state index contributed by atoms with van der Waals surface area (Å²) in [5.41, 5.74) is 0.530. The predicted octanol–water partition coefficient (Wildman–Crippen LogP) is 4.72. The van der Waals surface area contributed by atoms with Crippen LogP contribution in [0.3, 0.4) is 0 Å². The number of benzene rings is 1. The first kappa shape index (κ1) is 15.7. The van der Waals surface area contributed by atoms with Crippen molar-refractivity contribution < 1.29 is 4.79 Å². The van der Waals surface area contributed by atoms with Crippen LogP contribution >= 0.6 is 46.3 Å². The molecule has 0 aliphatic carbocycles. The maximum absolute atomic E-state index is 11.9. The number of hydrogen-bond donors (Lipinski definition) is 1. The third-order valence-corrected chi connectivity index (χ3v) is 5.34. The maximum Gasteiger partial charge on any atom is 0.251 e. The van der Waals surface area contributed by atoms with Crippen molar-refractivity contribution in [3.63, 3.8) is 0 Å². The lowest BCUT2D eigenvalue weighted by Gasteiger charge is -2.06. The van der Waals surface area contributed by atoms with E-state index in [2.05, 4.69) is 16.8 Å². The number of hydrogen-bond acceptors (Lipinski definition) is 3. The summed E-state index contributed by atoms with van der Waals surface area (Å²) < 4.78 is 0. The van der Waals surface area contributed by atoms with Gasteiger partial charge in [-0.2, -0.15) is 11.8 Å². The van der Waals surface area contributed by atoms with Gasteiger partial charge in [-0.15, -0.1) is 11.3 Å². The van der Waals surface area contributed by atoms with Crippen LogP contribution in [0.5, 0.6) is 0 Å². The molecule has 1 heterocycles. The van der Waals surface area contributed by atoms with Gasteiger partial charge in [-0.3, -0.25) is 4.79 Å². The Kier molecular flexibility index (Phi) is 6.23. The monoisotopic (exact) mass is 345 g/mol. The minimum Gasteiger partial charge on any atom is -0.351 e. The Hall–Kier alpha value is -0.680. The van der Waals surface area contributed by atoms with Gasteiger partial charge < -0.3 is 5.32 Å². The van der Waals surface area contributed by atoms with E-state index in [0.717, 1.165) is 11.5 Å². The van der Waals surface area contributed by atoms with Gasteiger partial charge in [0.15, 0.2) is 0 Å². The molecule has 1 N–H and O–H groups in total. The number of rotatable bonds is 6. The highest BCUT2D eigenvalue weighted by molar-refractivity contribution is 7.98. The minimum absolute atomic E-state index is 0.125. The van der Waals surface area contributed by atoms with Gasteiger partial charge in [-0.1, -0.05) is 29.3 Å². The van der Waals surface area contributed by atoms with Crippen LogP contribution in [0.1, 0.15) is 15.2 Å². The summed E-state index contributed by atoms with van der Waals surface area (Å²) in [4.78, 5) is 13.2. The van der Waals surface area contributed by atoms with E-state index >= 15 is 0 Å². The molecule has 20 heavy (non-hydrogen) atoms. The van der Waals surface area contributed by atoms with Crippen molar-refractivity contribution >= 4 is 52.2 Å². The molecular formula is C14H13Cl2NOS2. The quantitative estimate of drug-likeness (QED) is 0.767. The zero-order valence-electron chi connectivity index (χ0n) is 10.6. The Morgan fingerprint density at radius 2 is 2.10 bits per heavy atom. The lowest BCUT2D eigenvalue weighted by molar-refractivity contribution is 0.0956. The van der Waals surface area contributed by atoms with Gasteiger partial charge in [-0.05, 0) is 29.6 Å². The maximum atomic E-state index is 11.9. The predicted molar refractivity (Wildman–Crippen MR) is 89.3 cm³/mol. The van der Waals surface area contributed by atoms with Crippen molar-refractivity contribution in [2.45, 2.75) is 5.75 Å². The van der Waals surface area contributed by atoms with E-state index in [9.17, 15) is 4.79 Å². The molecule has 0 spiro atoms. The zero-order chi connectivity index (χ0) is 14.4. The Labute approximate surface area is 136 Å². The molecule has 0 aliphatic heterocycles. The van der Waals surface area contributed by atoms with E-state index in [1.54, 1.807) is 41.3 Å². The molecular weight excluding hydrogens is 333 g/mol. The standard InChI is InChI=1S/C14H13Cl2NOS2/c15-12-4-3-10(8-13(12)16)14(18)17-5-7-19-9-11-2-1-6-20-11/h1-4,6,8H,5,7,9H2,(H,17,18). The fraction of sp³-hybridized carbons (Fsp3) is 0.214. The molecule has 0 radical (unpaired) electrons. The SMILES string of the molecule is O=C(NCCSCc1cccs1)c1ccc(Cl)c(Cl)c1. The number of halogens is 2. The Morgan fingerprint density at radius 3 is 2.80 bits per heavy atom. The van der Waals surface area contributed by atoms with Crippen molar-refractivity contribution in [3.05, 3.63) is 56.2 Å². The molecule has 1 aromatic heterocycles. The highest BCUT2D eigenvalue weighted by Gasteiger charge is 2.07. The molecule has 1 amide bonds. The van der Waals surface area contributed by atoms with Crippen LogP contribution in [0.15, 0.2) is 35.7 Å². The first-order valence-electron chi connectivity index (χ1n) is 6.00. The average Bonchev–Trinajstić information content (AvgIpc) is 2.94. The van der Waals surface area contributed by atoms with Gasteiger partial charge in [0.05, 0.1) is 10.0 Å². The lowest BCUT2D eigenvalue weighted by atomic mass is 10.2. The first-order chi connectivity index (χ1) is 9.66. The molecule has 0 unspecified atom stereocenters. The number of carbonyl (C=O) groups excluding carboxylic acids is 1. The minimum atomic E-state index is -0.125. The van der Waals surface area contributed by atoms with Gasteiger partial charge in [0, 0.05) is 28.5 Å². The van der Waals surface area contributed by atoms with Crippen LogP contribution in [0.4, 0.5) is 0 Å². The number of thiophene rings is 1. The van der Waals surface area contributed by atoms with Crippen LogP contribution in [0, 0.1) is 0 Å². The van der Waals surface area contributed by atoms with Crippen molar-refractivity contribution in [2.24, 2.45) is 0 Å². The molecule has 0 bridgehead atoms. The molecule has 6 heteroatoms. The Balaban J connectivity index is 1.70. The fourth-order valence-electron chi connectivity index (χ4n) is 1.54. The van der Waals surface area contributed by atoms with Crippen molar-refractivity contribution in [1.82, 2.24) is 5.32 Å². The smallest absolute Gasteiger partial charge is 0.251 e. The summed E-state index contributed by atoms with van der Waals surface area (Å²) in [6.07, 6.45) is 0. The molecule has 0 saturated heterocycles. The first-order valence-corrected chi connectivity index (χ1v) is 8.79. The number of thioether (sulfide) groups is 1. The van der Waals surface area contributed by atoms with Gasteiger partial charge in [0.25, 0.3) is 5.91 Å². The molecule has 2 rings (SSSR count). The summed E-state index contributed by atoms with van der Waals surface area (Å²) in [6.45, 7) is 0.634. The Morgan fingerprint density at radius 1 is 1.25 bits per heavy atom. The van der Waals surface area contributed by atoms with Crippen molar-refractivity contribution in [2.75, 3.05) is 12.3 Å². The second-order valence-corrected chi connectivity index (χ2v) is 6.97. The highest BCUT2D eigenvalue weighted by Crippen LogP contribution is 2.22. The average molecular weight is 346 g/mol. The van der Waals surface area contributed by atoms with E-state index in [0.29, 0.717) is 22.2 Å². The molecule has 2 aromatic rings. The number of nitrogens with one attached hydrogen (secondary N) is 1. The second kappa shape index (κ2) is 7.93. The fourth-order valence-corrected chi connectivity index (χ4v) is 3.54. The third kappa shape index (κ3) is 4.70. The summed E-state index contributed by atoms with van der Waals surface area (Å²) in [7, 11) is 0. The summed E-state index contributed by atoms with van der Waals surface area (Å²) >= 11 is 15.3. The number of carbonyl (C=O) groups is 1. The largest absolute Gasteiger partial charge is 0.351 e. The van der Waals surface area contributed by atoms with E-state index in [-0.39, 0.29) is 5.91 Å². The normalized spacial score (nSPS) is 10.5. The lowest BCUT2D eigenvalue weighted by Crippen LogP contribution is -2.25. The molecule has 0 fully saturated rings. The molecule has 0 saturated carbocycles. The van der Waals surface area contributed by atoms with E-state index in [1.165, 1.54) is 4.88 Å². The molecule has 1 aromatic carbocycles. The van der Waals surface area contributed by atoms with Crippen LogP contribution < -0.4 is 5.32 Å². The Bertz CT molecular complexity index is 573. The summed E-state index contributed by atoms with van der Waals surface area (Å²) in [6, 6.07) is 9.04. The summed E-state index contributed by atoms with van der Waals surface area (Å²) in [5.74, 6) is 1.74. The van der Waals surface area contributed by atoms with Crippen molar-refractivity contribution in [1.29, 1.82) is 0 Å². The molecule has 2 nitrogen and oxygen atoms in total. The van der Waals surface area contributed by atoms with Gasteiger partial charge >= 0.3 is 0 Å². The van der Waals surface area contributed by atoms with Gasteiger partial charge in [0.2, 0.25) is 0 Å². The van der Waals surface area contributed by atoms with Crippen LogP contribution in [-0.4, -0.2) is 18.2 Å². The van der Waals surface area contributed by atoms with Crippen LogP contribution in [0.2, 0.25) is 10.0 Å². The van der Waals surface area contributed by atoms with Gasteiger partial charge in [0.1, 0.15) is 0 Å².